The first-order chi connectivity index (χ1) is 14.2. The van der Waals surface area contributed by atoms with Crippen LogP contribution in [0.4, 0.5) is 24.5 Å². The van der Waals surface area contributed by atoms with Crippen molar-refractivity contribution in [3.63, 3.8) is 0 Å². The van der Waals surface area contributed by atoms with E-state index in [-0.39, 0.29) is 28.3 Å². The Kier molecular flexibility index (Phi) is 5.63. The van der Waals surface area contributed by atoms with Gasteiger partial charge in [0.2, 0.25) is 0 Å². The molecule has 0 aliphatic rings. The first-order valence-corrected chi connectivity index (χ1v) is 8.48. The van der Waals surface area contributed by atoms with Crippen LogP contribution in [0.15, 0.2) is 64.6 Å². The maximum Gasteiger partial charge on any atom is 0.416 e. The van der Waals surface area contributed by atoms with E-state index in [1.165, 1.54) is 42.6 Å². The highest BCUT2D eigenvalue weighted by Gasteiger charge is 2.31. The molecule has 0 saturated carbocycles. The third-order valence-electron chi connectivity index (χ3n) is 4.08. The molecule has 0 atom stereocenters. The summed E-state index contributed by atoms with van der Waals surface area (Å²) in [4.78, 5) is 8.05. The molecule has 0 unspecified atom stereocenters. The van der Waals surface area contributed by atoms with Gasteiger partial charge in [0.25, 0.3) is 0 Å². The molecule has 0 spiro atoms. The third kappa shape index (κ3) is 4.52. The first kappa shape index (κ1) is 20.7. The van der Waals surface area contributed by atoms with Gasteiger partial charge in [-0.2, -0.15) is 13.2 Å². The van der Waals surface area contributed by atoms with Crippen LogP contribution in [-0.2, 0) is 6.18 Å². The largest absolute Gasteiger partial charge is 0.504 e. The van der Waals surface area contributed by atoms with Crippen LogP contribution in [0.2, 0.25) is 0 Å². The van der Waals surface area contributed by atoms with E-state index in [9.17, 15) is 33.6 Å². The first-order valence-electron chi connectivity index (χ1n) is 8.48. The molecule has 0 bridgehead atoms. The highest BCUT2D eigenvalue weighted by Crippen LogP contribution is 2.37. The third-order valence-corrected chi connectivity index (χ3v) is 4.08. The highest BCUT2D eigenvalue weighted by molar-refractivity contribution is 5.90. The Hall–Kier alpha value is -4.01. The van der Waals surface area contributed by atoms with Crippen molar-refractivity contribution in [1.82, 2.24) is 0 Å². The van der Waals surface area contributed by atoms with Crippen LogP contribution in [0.1, 0.15) is 16.7 Å². The van der Waals surface area contributed by atoms with Crippen LogP contribution in [0.25, 0.3) is 0 Å². The quantitative estimate of drug-likeness (QED) is 0.354. The van der Waals surface area contributed by atoms with Crippen LogP contribution in [0.3, 0.4) is 0 Å². The van der Waals surface area contributed by atoms with Crippen molar-refractivity contribution in [2.75, 3.05) is 0 Å². The minimum atomic E-state index is -4.61. The Balaban J connectivity index is 2.04. The van der Waals surface area contributed by atoms with Crippen molar-refractivity contribution in [3.05, 3.63) is 71.3 Å². The summed E-state index contributed by atoms with van der Waals surface area (Å²) in [5, 5.41) is 38.7. The van der Waals surface area contributed by atoms with Crippen molar-refractivity contribution >= 4 is 23.8 Å². The van der Waals surface area contributed by atoms with E-state index in [4.69, 9.17) is 0 Å². The molecule has 3 aromatic carbocycles. The van der Waals surface area contributed by atoms with Crippen LogP contribution >= 0.6 is 0 Å². The maximum atomic E-state index is 13.1. The molecule has 6 nitrogen and oxygen atoms in total. The average molecular weight is 416 g/mol. The van der Waals surface area contributed by atoms with Gasteiger partial charge in [-0.1, -0.05) is 12.1 Å². The SMILES string of the molecule is Oc1cccc(C=Nc2ccc(C(F)(F)F)cc2N=Cc2cccc(O)c2O)c1O. The molecule has 0 aromatic heterocycles. The number of phenolic OH excluding ortho intramolecular Hbond substituents is 4. The van der Waals surface area contributed by atoms with Crippen molar-refractivity contribution < 1.29 is 33.6 Å². The van der Waals surface area contributed by atoms with Crippen molar-refractivity contribution in [2.24, 2.45) is 9.98 Å². The van der Waals surface area contributed by atoms with E-state index in [1.807, 2.05) is 0 Å². The molecule has 3 rings (SSSR count). The lowest BCUT2D eigenvalue weighted by Gasteiger charge is -2.09. The summed E-state index contributed by atoms with van der Waals surface area (Å²) in [7, 11) is 0. The standard InChI is InChI=1S/C21H15F3N2O4/c22-21(23,24)14-7-8-15(25-10-12-3-1-5-17(27)19(12)29)16(9-14)26-11-13-4-2-6-18(28)20(13)30/h1-11,27-30H. The molecule has 0 saturated heterocycles. The van der Waals surface area contributed by atoms with Crippen LogP contribution < -0.4 is 0 Å². The van der Waals surface area contributed by atoms with E-state index in [0.717, 1.165) is 24.4 Å². The highest BCUT2D eigenvalue weighted by atomic mass is 19.4. The van der Waals surface area contributed by atoms with E-state index in [0.29, 0.717) is 0 Å². The zero-order chi connectivity index (χ0) is 21.9. The second kappa shape index (κ2) is 8.16. The molecule has 0 radical (unpaired) electrons. The summed E-state index contributed by atoms with van der Waals surface area (Å²) in [5.41, 5.74) is -0.831. The topological polar surface area (TPSA) is 106 Å². The van der Waals surface area contributed by atoms with Gasteiger partial charge in [0, 0.05) is 23.6 Å². The van der Waals surface area contributed by atoms with Gasteiger partial charge in [0.05, 0.1) is 16.9 Å². The predicted octanol–water partition coefficient (Wildman–Crippen LogP) is 5.03. The molecule has 3 aromatic rings. The number of hydrogen-bond acceptors (Lipinski definition) is 6. The smallest absolute Gasteiger partial charge is 0.416 e. The number of phenols is 4. The molecule has 0 aliphatic heterocycles. The van der Waals surface area contributed by atoms with Gasteiger partial charge in [-0.25, -0.2) is 0 Å². The molecular formula is C21H15F3N2O4. The fourth-order valence-corrected chi connectivity index (χ4v) is 2.50. The van der Waals surface area contributed by atoms with Gasteiger partial charge in [-0.3, -0.25) is 9.98 Å². The number of para-hydroxylation sites is 2. The predicted molar refractivity (Wildman–Crippen MR) is 105 cm³/mol. The lowest BCUT2D eigenvalue weighted by molar-refractivity contribution is -0.137. The van der Waals surface area contributed by atoms with Gasteiger partial charge in [-0.05, 0) is 42.5 Å². The number of halogens is 3. The second-order valence-electron chi connectivity index (χ2n) is 6.15. The van der Waals surface area contributed by atoms with Gasteiger partial charge in [0.15, 0.2) is 23.0 Å². The zero-order valence-electron chi connectivity index (χ0n) is 15.2. The molecule has 0 heterocycles. The summed E-state index contributed by atoms with van der Waals surface area (Å²) in [6, 6.07) is 11.0. The van der Waals surface area contributed by atoms with Gasteiger partial charge < -0.3 is 20.4 Å². The van der Waals surface area contributed by atoms with E-state index < -0.39 is 29.0 Å². The summed E-state index contributed by atoms with van der Waals surface area (Å²) in [6.07, 6.45) is -2.35. The fraction of sp³-hybridized carbons (Fsp3) is 0.0476. The summed E-state index contributed by atoms with van der Waals surface area (Å²) in [6.45, 7) is 0. The summed E-state index contributed by atoms with van der Waals surface area (Å²) >= 11 is 0. The number of alkyl halides is 3. The molecule has 0 amide bonds. The monoisotopic (exact) mass is 416 g/mol. The molecule has 0 aliphatic carbocycles. The van der Waals surface area contributed by atoms with Crippen LogP contribution in [0.5, 0.6) is 23.0 Å². The van der Waals surface area contributed by atoms with Crippen molar-refractivity contribution in [2.45, 2.75) is 6.18 Å². The number of benzene rings is 3. The molecule has 154 valence electrons. The number of nitrogens with zero attached hydrogens (tertiary/aromatic N) is 2. The van der Waals surface area contributed by atoms with Gasteiger partial charge in [0.1, 0.15) is 0 Å². The molecule has 0 fully saturated rings. The Morgan fingerprint density at radius 3 is 1.67 bits per heavy atom. The fourth-order valence-electron chi connectivity index (χ4n) is 2.50. The normalized spacial score (nSPS) is 12.1. The Morgan fingerprint density at radius 2 is 1.17 bits per heavy atom. The molecule has 4 N–H and O–H groups in total. The average Bonchev–Trinajstić information content (AvgIpc) is 2.70. The number of rotatable bonds is 4. The minimum Gasteiger partial charge on any atom is -0.504 e. The van der Waals surface area contributed by atoms with E-state index >= 15 is 0 Å². The van der Waals surface area contributed by atoms with Crippen molar-refractivity contribution in [1.29, 1.82) is 0 Å². The second-order valence-corrected chi connectivity index (χ2v) is 6.15. The lowest BCUT2D eigenvalue weighted by atomic mass is 10.1. The summed E-state index contributed by atoms with van der Waals surface area (Å²) < 4.78 is 39.3. The maximum absolute atomic E-state index is 13.1. The van der Waals surface area contributed by atoms with Crippen LogP contribution in [-0.4, -0.2) is 32.9 Å². The minimum absolute atomic E-state index is 0.0432. The Labute approximate surface area is 168 Å². The lowest BCUT2D eigenvalue weighted by Crippen LogP contribution is -2.04. The number of aliphatic imine (C=N–C) groups is 2. The van der Waals surface area contributed by atoms with Gasteiger partial charge in [-0.15, -0.1) is 0 Å². The molecule has 30 heavy (non-hydrogen) atoms. The number of hydrogen-bond donors (Lipinski definition) is 4. The van der Waals surface area contributed by atoms with Gasteiger partial charge >= 0.3 is 6.18 Å². The van der Waals surface area contributed by atoms with E-state index in [2.05, 4.69) is 9.98 Å². The van der Waals surface area contributed by atoms with Crippen LogP contribution in [0, 0.1) is 0 Å². The molecule has 9 heteroatoms. The number of aromatic hydroxyl groups is 4. The van der Waals surface area contributed by atoms with Crippen molar-refractivity contribution in [3.8, 4) is 23.0 Å². The summed E-state index contributed by atoms with van der Waals surface area (Å²) in [5.74, 6) is -1.67. The molecular weight excluding hydrogens is 401 g/mol. The zero-order valence-corrected chi connectivity index (χ0v) is 15.2. The Bertz CT molecular complexity index is 1140. The Morgan fingerprint density at radius 1 is 0.667 bits per heavy atom. The van der Waals surface area contributed by atoms with E-state index in [1.54, 1.807) is 0 Å².